The molecule has 1 aromatic rings. The molecule has 1 fully saturated rings. The van der Waals surface area contributed by atoms with Gasteiger partial charge >= 0.3 is 0 Å². The summed E-state index contributed by atoms with van der Waals surface area (Å²) in [6, 6.07) is 0. The summed E-state index contributed by atoms with van der Waals surface area (Å²) in [4.78, 5) is 17.4. The summed E-state index contributed by atoms with van der Waals surface area (Å²) in [5, 5.41) is 9.07. The largest absolute Gasteiger partial charge is 0.389 e. The Labute approximate surface area is 94.7 Å². The number of imidazole rings is 1. The molecule has 0 saturated carbocycles. The normalized spacial score (nSPS) is 16.2. The molecule has 5 heteroatoms. The highest BCUT2D eigenvalue weighted by atomic mass is 16.3. The van der Waals surface area contributed by atoms with Gasteiger partial charge in [-0.1, -0.05) is 0 Å². The number of aliphatic hydroxyl groups excluding tert-OH is 1. The number of nitrogens with zero attached hydrogens (tertiary/aromatic N) is 3. The van der Waals surface area contributed by atoms with Crippen LogP contribution in [0, 0.1) is 6.92 Å². The fraction of sp³-hybridized carbons (Fsp3) is 0.636. The number of carbonyl (C=O) groups excluding carboxylic acids is 1. The molecule has 2 rings (SSSR count). The summed E-state index contributed by atoms with van der Waals surface area (Å²) < 4.78 is 2.04. The number of aliphatic hydroxyl groups is 1. The second kappa shape index (κ2) is 4.65. The Balaban J connectivity index is 1.68. The summed E-state index contributed by atoms with van der Waals surface area (Å²) in [5.74, 6) is 1.12. The molecule has 1 aromatic heterocycles. The number of aromatic nitrogens is 2. The molecule has 1 amide bonds. The van der Waals surface area contributed by atoms with Crippen LogP contribution < -0.4 is 0 Å². The van der Waals surface area contributed by atoms with E-state index in [-0.39, 0.29) is 12.0 Å². The van der Waals surface area contributed by atoms with Crippen molar-refractivity contribution in [3.8, 4) is 0 Å². The first-order chi connectivity index (χ1) is 7.66. The third kappa shape index (κ3) is 2.41. The van der Waals surface area contributed by atoms with E-state index in [4.69, 9.17) is 5.11 Å². The molecule has 1 N–H and O–H groups in total. The van der Waals surface area contributed by atoms with Crippen LogP contribution in [-0.2, 0) is 11.3 Å². The number of hydrogen-bond donors (Lipinski definition) is 1. The van der Waals surface area contributed by atoms with Crippen molar-refractivity contribution in [1.29, 1.82) is 0 Å². The summed E-state index contributed by atoms with van der Waals surface area (Å²) in [5.41, 5.74) is 0. The smallest absolute Gasteiger partial charge is 0.222 e. The van der Waals surface area contributed by atoms with Crippen molar-refractivity contribution in [1.82, 2.24) is 14.5 Å². The van der Waals surface area contributed by atoms with Crippen LogP contribution in [0.5, 0.6) is 0 Å². The summed E-state index contributed by atoms with van der Waals surface area (Å²) in [6.07, 6.45) is 4.75. The minimum absolute atomic E-state index is 0.142. The zero-order valence-electron chi connectivity index (χ0n) is 9.46. The van der Waals surface area contributed by atoms with Crippen LogP contribution >= 0.6 is 0 Å². The van der Waals surface area contributed by atoms with Gasteiger partial charge in [0, 0.05) is 38.4 Å². The van der Waals surface area contributed by atoms with Crippen molar-refractivity contribution < 1.29 is 9.90 Å². The number of aryl methyl sites for hydroxylation is 2. The summed E-state index contributed by atoms with van der Waals surface area (Å²) in [7, 11) is 0. The molecular weight excluding hydrogens is 206 g/mol. The van der Waals surface area contributed by atoms with Crippen LogP contribution in [0.2, 0.25) is 0 Å². The Morgan fingerprint density at radius 3 is 2.94 bits per heavy atom. The first-order valence-corrected chi connectivity index (χ1v) is 5.60. The highest BCUT2D eigenvalue weighted by molar-refractivity contribution is 5.77. The quantitative estimate of drug-likeness (QED) is 0.792. The molecule has 0 aromatic carbocycles. The number of rotatable bonds is 4. The maximum Gasteiger partial charge on any atom is 0.222 e. The average Bonchev–Trinajstić information content (AvgIpc) is 2.60. The molecular formula is C11H17N3O2. The number of β-amino-alcohol motifs (C(OH)–C–C–N with tert-alkyl or cyclic N) is 1. The van der Waals surface area contributed by atoms with E-state index in [1.54, 1.807) is 11.1 Å². The van der Waals surface area contributed by atoms with Crippen LogP contribution in [-0.4, -0.2) is 44.7 Å². The lowest BCUT2D eigenvalue weighted by Gasteiger charge is -2.35. The summed E-state index contributed by atoms with van der Waals surface area (Å²) >= 11 is 0. The minimum atomic E-state index is -0.306. The number of amides is 1. The predicted octanol–water partition coefficient (Wildman–Crippen LogP) is 0.175. The highest BCUT2D eigenvalue weighted by Crippen LogP contribution is 2.10. The van der Waals surface area contributed by atoms with E-state index in [0.717, 1.165) is 18.8 Å². The Morgan fingerprint density at radius 1 is 1.62 bits per heavy atom. The van der Waals surface area contributed by atoms with E-state index in [0.29, 0.717) is 19.5 Å². The highest BCUT2D eigenvalue weighted by Gasteiger charge is 2.27. The second-order valence-electron chi connectivity index (χ2n) is 4.22. The maximum atomic E-state index is 11.6. The molecule has 2 heterocycles. The van der Waals surface area contributed by atoms with E-state index in [9.17, 15) is 4.79 Å². The zero-order valence-corrected chi connectivity index (χ0v) is 9.46. The van der Waals surface area contributed by atoms with Crippen molar-refractivity contribution in [3.05, 3.63) is 18.2 Å². The zero-order chi connectivity index (χ0) is 11.5. The molecule has 0 spiro atoms. The van der Waals surface area contributed by atoms with Gasteiger partial charge in [-0.2, -0.15) is 0 Å². The third-order valence-corrected chi connectivity index (χ3v) is 2.93. The molecule has 0 radical (unpaired) electrons. The number of carbonyl (C=O) groups is 1. The van der Waals surface area contributed by atoms with E-state index in [2.05, 4.69) is 4.98 Å². The molecule has 0 aliphatic carbocycles. The van der Waals surface area contributed by atoms with Crippen molar-refractivity contribution in [2.24, 2.45) is 0 Å². The van der Waals surface area contributed by atoms with Gasteiger partial charge in [0.2, 0.25) is 5.91 Å². The molecule has 1 saturated heterocycles. The first-order valence-electron chi connectivity index (χ1n) is 5.60. The van der Waals surface area contributed by atoms with E-state index >= 15 is 0 Å². The van der Waals surface area contributed by atoms with Crippen molar-refractivity contribution in [2.45, 2.75) is 32.4 Å². The van der Waals surface area contributed by atoms with Gasteiger partial charge in [0.1, 0.15) is 5.82 Å². The lowest BCUT2D eigenvalue weighted by molar-refractivity contribution is -0.141. The first kappa shape index (κ1) is 11.1. The van der Waals surface area contributed by atoms with Gasteiger partial charge in [-0.3, -0.25) is 4.79 Å². The third-order valence-electron chi connectivity index (χ3n) is 2.93. The SMILES string of the molecule is Cc1nccn1CCCC(=O)N1CC(O)C1. The molecule has 88 valence electrons. The maximum absolute atomic E-state index is 11.6. The Bertz CT molecular complexity index is 369. The molecule has 5 nitrogen and oxygen atoms in total. The van der Waals surface area contributed by atoms with Crippen molar-refractivity contribution in [3.63, 3.8) is 0 Å². The van der Waals surface area contributed by atoms with Gasteiger partial charge in [0.05, 0.1) is 6.10 Å². The average molecular weight is 223 g/mol. The topological polar surface area (TPSA) is 58.4 Å². The predicted molar refractivity (Wildman–Crippen MR) is 58.8 cm³/mol. The molecule has 1 aliphatic heterocycles. The van der Waals surface area contributed by atoms with Gasteiger partial charge < -0.3 is 14.6 Å². The van der Waals surface area contributed by atoms with Crippen LogP contribution in [0.1, 0.15) is 18.7 Å². The van der Waals surface area contributed by atoms with Gasteiger partial charge in [-0.05, 0) is 13.3 Å². The second-order valence-corrected chi connectivity index (χ2v) is 4.22. The van der Waals surface area contributed by atoms with Gasteiger partial charge in [0.25, 0.3) is 0 Å². The monoisotopic (exact) mass is 223 g/mol. The molecule has 0 bridgehead atoms. The van der Waals surface area contributed by atoms with Crippen molar-refractivity contribution in [2.75, 3.05) is 13.1 Å². The van der Waals surface area contributed by atoms with Gasteiger partial charge in [-0.25, -0.2) is 4.98 Å². The van der Waals surface area contributed by atoms with Gasteiger partial charge in [0.15, 0.2) is 0 Å². The van der Waals surface area contributed by atoms with E-state index in [1.165, 1.54) is 0 Å². The molecule has 0 atom stereocenters. The minimum Gasteiger partial charge on any atom is -0.389 e. The fourth-order valence-electron chi connectivity index (χ4n) is 1.86. The van der Waals surface area contributed by atoms with Crippen LogP contribution in [0.25, 0.3) is 0 Å². The Hall–Kier alpha value is -1.36. The van der Waals surface area contributed by atoms with Crippen LogP contribution in [0.3, 0.4) is 0 Å². The van der Waals surface area contributed by atoms with Gasteiger partial charge in [-0.15, -0.1) is 0 Å². The standard InChI is InChI=1S/C11H17N3O2/c1-9-12-4-6-13(9)5-2-3-11(16)14-7-10(15)8-14/h4,6,10,15H,2-3,5,7-8H2,1H3. The van der Waals surface area contributed by atoms with Crippen LogP contribution in [0.4, 0.5) is 0 Å². The molecule has 16 heavy (non-hydrogen) atoms. The number of hydrogen-bond acceptors (Lipinski definition) is 3. The Morgan fingerprint density at radius 2 is 2.38 bits per heavy atom. The lowest BCUT2D eigenvalue weighted by Crippen LogP contribution is -2.53. The fourth-order valence-corrected chi connectivity index (χ4v) is 1.86. The number of likely N-dealkylation sites (tertiary alicyclic amines) is 1. The molecule has 1 aliphatic rings. The van der Waals surface area contributed by atoms with Crippen LogP contribution in [0.15, 0.2) is 12.4 Å². The lowest BCUT2D eigenvalue weighted by atomic mass is 10.1. The summed E-state index contributed by atoms with van der Waals surface area (Å²) in [6.45, 7) is 3.79. The Kier molecular flexibility index (Phi) is 3.24. The van der Waals surface area contributed by atoms with E-state index in [1.807, 2.05) is 17.7 Å². The van der Waals surface area contributed by atoms with E-state index < -0.39 is 0 Å². The van der Waals surface area contributed by atoms with Crippen molar-refractivity contribution >= 4 is 5.91 Å². The molecule has 0 unspecified atom stereocenters.